The highest BCUT2D eigenvalue weighted by Crippen LogP contribution is 2.29. The Bertz CT molecular complexity index is 610. The van der Waals surface area contributed by atoms with E-state index in [1.807, 2.05) is 6.92 Å². The number of halogens is 1. The van der Waals surface area contributed by atoms with E-state index in [2.05, 4.69) is 10.1 Å². The highest BCUT2D eigenvalue weighted by molar-refractivity contribution is 6.34. The van der Waals surface area contributed by atoms with E-state index in [0.29, 0.717) is 5.88 Å². The number of hydrogen-bond acceptors (Lipinski definition) is 4. The molecule has 0 bridgehead atoms. The summed E-state index contributed by atoms with van der Waals surface area (Å²) in [5.74, 6) is -0.655. The average Bonchev–Trinajstić information content (AvgIpc) is 2.60. The van der Waals surface area contributed by atoms with Crippen molar-refractivity contribution < 1.29 is 14.6 Å². The molecule has 0 aromatic carbocycles. The van der Waals surface area contributed by atoms with Crippen LogP contribution in [0.1, 0.15) is 16.1 Å². The van der Waals surface area contributed by atoms with Crippen molar-refractivity contribution in [3.8, 4) is 11.8 Å². The average molecular weight is 268 g/mol. The van der Waals surface area contributed by atoms with Crippen molar-refractivity contribution >= 4 is 17.6 Å². The van der Waals surface area contributed by atoms with Gasteiger partial charge in [-0.2, -0.15) is 5.10 Å². The molecule has 2 heterocycles. The van der Waals surface area contributed by atoms with Crippen LogP contribution in [0.4, 0.5) is 0 Å². The number of aromatic nitrogens is 3. The Kier molecular flexibility index (Phi) is 3.20. The molecule has 2 rings (SSSR count). The maximum atomic E-state index is 10.9. The monoisotopic (exact) mass is 267 g/mol. The number of nitrogens with zero attached hydrogens (tertiary/aromatic N) is 3. The summed E-state index contributed by atoms with van der Waals surface area (Å²) in [7, 11) is 1.71. The molecule has 2 aromatic rings. The van der Waals surface area contributed by atoms with Gasteiger partial charge in [-0.05, 0) is 13.0 Å². The Hall–Kier alpha value is -2.08. The zero-order valence-electron chi connectivity index (χ0n) is 9.72. The van der Waals surface area contributed by atoms with Gasteiger partial charge in [0.1, 0.15) is 5.02 Å². The summed E-state index contributed by atoms with van der Waals surface area (Å²) in [6.07, 6.45) is 1.33. The summed E-state index contributed by atoms with van der Waals surface area (Å²) >= 11 is 5.91. The molecule has 0 saturated carbocycles. The summed E-state index contributed by atoms with van der Waals surface area (Å²) in [6, 6.07) is 3.01. The number of carboxylic acid groups (broad SMARTS) is 1. The van der Waals surface area contributed by atoms with Crippen molar-refractivity contribution in [1.29, 1.82) is 0 Å². The smallest absolute Gasteiger partial charge is 0.337 e. The minimum Gasteiger partial charge on any atom is -0.478 e. The van der Waals surface area contributed by atoms with E-state index < -0.39 is 5.97 Å². The fourth-order valence-electron chi connectivity index (χ4n) is 1.44. The number of ether oxygens (including phenoxy) is 1. The predicted molar refractivity (Wildman–Crippen MR) is 64.2 cm³/mol. The number of rotatable bonds is 3. The van der Waals surface area contributed by atoms with Gasteiger partial charge in [0, 0.05) is 19.3 Å². The van der Waals surface area contributed by atoms with Gasteiger partial charge in [-0.25, -0.2) is 14.5 Å². The van der Waals surface area contributed by atoms with Crippen molar-refractivity contribution in [2.45, 2.75) is 6.92 Å². The van der Waals surface area contributed by atoms with Gasteiger partial charge in [0.15, 0.2) is 0 Å². The van der Waals surface area contributed by atoms with Gasteiger partial charge < -0.3 is 9.84 Å². The SMILES string of the molecule is Cc1cc(Oc2nccc(C(=O)O)c2Cl)n(C)n1. The van der Waals surface area contributed by atoms with Crippen molar-refractivity contribution in [3.63, 3.8) is 0 Å². The first-order valence-electron chi connectivity index (χ1n) is 5.05. The molecule has 0 amide bonds. The van der Waals surface area contributed by atoms with Crippen molar-refractivity contribution in [1.82, 2.24) is 14.8 Å². The van der Waals surface area contributed by atoms with Gasteiger partial charge in [-0.1, -0.05) is 11.6 Å². The highest BCUT2D eigenvalue weighted by Gasteiger charge is 2.16. The molecule has 0 saturated heterocycles. The van der Waals surface area contributed by atoms with Crippen LogP contribution in [0.25, 0.3) is 0 Å². The summed E-state index contributed by atoms with van der Waals surface area (Å²) in [6.45, 7) is 1.82. The van der Waals surface area contributed by atoms with Gasteiger partial charge in [-0.3, -0.25) is 0 Å². The molecule has 2 aromatic heterocycles. The third-order valence-electron chi connectivity index (χ3n) is 2.25. The molecule has 6 nitrogen and oxygen atoms in total. The molecule has 0 aliphatic carbocycles. The number of carbonyl (C=O) groups is 1. The third kappa shape index (κ3) is 2.28. The Morgan fingerprint density at radius 2 is 2.28 bits per heavy atom. The largest absolute Gasteiger partial charge is 0.478 e. The number of aryl methyl sites for hydroxylation is 2. The van der Waals surface area contributed by atoms with Gasteiger partial charge in [0.2, 0.25) is 11.8 Å². The lowest BCUT2D eigenvalue weighted by atomic mass is 10.3. The van der Waals surface area contributed by atoms with E-state index in [-0.39, 0.29) is 16.5 Å². The van der Waals surface area contributed by atoms with Crippen LogP contribution in [0.3, 0.4) is 0 Å². The quantitative estimate of drug-likeness (QED) is 0.923. The molecule has 0 atom stereocenters. The van der Waals surface area contributed by atoms with Crippen LogP contribution in [-0.2, 0) is 7.05 Å². The van der Waals surface area contributed by atoms with Crippen molar-refractivity contribution in [3.05, 3.63) is 34.6 Å². The first kappa shape index (κ1) is 12.4. The molecule has 7 heteroatoms. The standard InChI is InChI=1S/C11H10ClN3O3/c1-6-5-8(15(2)14-6)18-10-9(12)7(11(16)17)3-4-13-10/h3-5H,1-2H3,(H,16,17). The molecule has 0 aliphatic rings. The predicted octanol–water partition coefficient (Wildman–Crippen LogP) is 2.27. The Labute approximate surface area is 108 Å². The molecule has 1 N–H and O–H groups in total. The van der Waals surface area contributed by atoms with Gasteiger partial charge in [0.05, 0.1) is 11.3 Å². The topological polar surface area (TPSA) is 77.2 Å². The molecular weight excluding hydrogens is 258 g/mol. The molecule has 0 unspecified atom stereocenters. The van der Waals surface area contributed by atoms with Crippen LogP contribution in [0.2, 0.25) is 5.02 Å². The van der Waals surface area contributed by atoms with Crippen LogP contribution in [0.15, 0.2) is 18.3 Å². The molecular formula is C11H10ClN3O3. The Morgan fingerprint density at radius 3 is 2.83 bits per heavy atom. The van der Waals surface area contributed by atoms with Crippen LogP contribution >= 0.6 is 11.6 Å². The molecule has 94 valence electrons. The molecule has 18 heavy (non-hydrogen) atoms. The summed E-state index contributed by atoms with van der Waals surface area (Å²) < 4.78 is 6.96. The minimum atomic E-state index is -1.13. The van der Waals surface area contributed by atoms with Crippen LogP contribution in [0, 0.1) is 6.92 Å². The zero-order chi connectivity index (χ0) is 13.3. The molecule has 0 aliphatic heterocycles. The number of carboxylic acids is 1. The van der Waals surface area contributed by atoms with E-state index in [0.717, 1.165) is 5.69 Å². The lowest BCUT2D eigenvalue weighted by Crippen LogP contribution is -2.01. The number of aromatic carboxylic acids is 1. The number of pyridine rings is 1. The normalized spacial score (nSPS) is 10.4. The Morgan fingerprint density at radius 1 is 1.56 bits per heavy atom. The lowest BCUT2D eigenvalue weighted by Gasteiger charge is -2.07. The van der Waals surface area contributed by atoms with E-state index in [1.54, 1.807) is 13.1 Å². The first-order chi connectivity index (χ1) is 8.49. The molecule has 0 spiro atoms. The van der Waals surface area contributed by atoms with Crippen LogP contribution in [0.5, 0.6) is 11.8 Å². The van der Waals surface area contributed by atoms with E-state index in [1.165, 1.54) is 16.9 Å². The second-order valence-corrected chi connectivity index (χ2v) is 4.01. The van der Waals surface area contributed by atoms with Gasteiger partial charge in [-0.15, -0.1) is 0 Å². The summed E-state index contributed by atoms with van der Waals surface area (Å²) in [5, 5.41) is 13.0. The van der Waals surface area contributed by atoms with E-state index >= 15 is 0 Å². The third-order valence-corrected chi connectivity index (χ3v) is 2.61. The van der Waals surface area contributed by atoms with Gasteiger partial charge >= 0.3 is 5.97 Å². The van der Waals surface area contributed by atoms with E-state index in [4.69, 9.17) is 21.4 Å². The maximum absolute atomic E-state index is 10.9. The fraction of sp³-hybridized carbons (Fsp3) is 0.182. The maximum Gasteiger partial charge on any atom is 0.337 e. The van der Waals surface area contributed by atoms with Crippen molar-refractivity contribution in [2.24, 2.45) is 7.05 Å². The van der Waals surface area contributed by atoms with Crippen LogP contribution in [-0.4, -0.2) is 25.8 Å². The molecule has 0 fully saturated rings. The minimum absolute atomic E-state index is 0.0381. The second-order valence-electron chi connectivity index (χ2n) is 3.63. The van der Waals surface area contributed by atoms with E-state index in [9.17, 15) is 4.79 Å². The summed E-state index contributed by atoms with van der Waals surface area (Å²) in [4.78, 5) is 14.8. The van der Waals surface area contributed by atoms with Crippen LogP contribution < -0.4 is 4.74 Å². The number of hydrogen-bond donors (Lipinski definition) is 1. The van der Waals surface area contributed by atoms with Crippen molar-refractivity contribution in [2.75, 3.05) is 0 Å². The second kappa shape index (κ2) is 4.66. The summed E-state index contributed by atoms with van der Waals surface area (Å²) in [5.41, 5.74) is 0.721. The molecule has 0 radical (unpaired) electrons. The Balaban J connectivity index is 2.38. The fourth-order valence-corrected chi connectivity index (χ4v) is 1.67. The lowest BCUT2D eigenvalue weighted by molar-refractivity contribution is 0.0696. The zero-order valence-corrected chi connectivity index (χ0v) is 10.5. The first-order valence-corrected chi connectivity index (χ1v) is 5.43. The van der Waals surface area contributed by atoms with Gasteiger partial charge in [0.25, 0.3) is 0 Å². The highest BCUT2D eigenvalue weighted by atomic mass is 35.5.